The molecule has 1 fully saturated rings. The van der Waals surface area contributed by atoms with Crippen LogP contribution in [0.25, 0.3) is 0 Å². The first-order chi connectivity index (χ1) is 13.7. The zero-order valence-corrected chi connectivity index (χ0v) is 15.1. The van der Waals surface area contributed by atoms with Crippen LogP contribution in [0.3, 0.4) is 0 Å². The molecule has 0 radical (unpaired) electrons. The van der Waals surface area contributed by atoms with Crippen LogP contribution in [0.15, 0.2) is 35.6 Å². The van der Waals surface area contributed by atoms with E-state index in [9.17, 15) is 39.9 Å². The number of amidine groups is 1. The number of amides is 1. The molecule has 1 aromatic rings. The molecule has 0 bridgehead atoms. The van der Waals surface area contributed by atoms with Gasteiger partial charge in [0.15, 0.2) is 5.84 Å². The first-order valence-corrected chi connectivity index (χ1v) is 8.41. The second kappa shape index (κ2) is 8.48. The van der Waals surface area contributed by atoms with Crippen molar-refractivity contribution in [1.29, 1.82) is 0 Å². The number of rotatable bonds is 4. The van der Waals surface area contributed by atoms with E-state index in [1.807, 2.05) is 0 Å². The summed E-state index contributed by atoms with van der Waals surface area (Å²) >= 11 is 0. The van der Waals surface area contributed by atoms with Crippen LogP contribution in [-0.2, 0) is 17.1 Å². The third-order valence-electron chi connectivity index (χ3n) is 4.18. The maximum absolute atomic E-state index is 13.1. The second-order valence-electron chi connectivity index (χ2n) is 6.44. The van der Waals surface area contributed by atoms with Crippen molar-refractivity contribution in [2.24, 2.45) is 10.8 Å². The minimum absolute atomic E-state index is 0.0507. The van der Waals surface area contributed by atoms with Gasteiger partial charge in [-0.1, -0.05) is 0 Å². The quantitative estimate of drug-likeness (QED) is 0.245. The number of benzene rings is 1. The number of nitrogens with two attached hydrogens (primary N) is 1. The minimum atomic E-state index is -5.04. The Hall–Kier alpha value is -2.86. The molecule has 1 heterocycles. The summed E-state index contributed by atoms with van der Waals surface area (Å²) in [7, 11) is 0. The maximum atomic E-state index is 13.1. The SMILES string of the molecule is N/C(=N\N/C=C\C(=O)N1CCC(F)(F)CC1)c1cc(C(F)(F)F)cc(C(F)(F)F)c1. The number of hydrazone groups is 1. The van der Waals surface area contributed by atoms with Crippen LogP contribution in [-0.4, -0.2) is 35.7 Å². The highest BCUT2D eigenvalue weighted by atomic mass is 19.4. The second-order valence-corrected chi connectivity index (χ2v) is 6.44. The fraction of sp³-hybridized carbons (Fsp3) is 0.412. The van der Waals surface area contributed by atoms with Crippen molar-refractivity contribution in [3.05, 3.63) is 47.2 Å². The Morgan fingerprint density at radius 2 is 1.53 bits per heavy atom. The number of hydrogen-bond donors (Lipinski definition) is 2. The molecular weight excluding hydrogens is 428 g/mol. The average Bonchev–Trinajstić information content (AvgIpc) is 2.63. The van der Waals surface area contributed by atoms with E-state index >= 15 is 0 Å². The molecule has 0 unspecified atom stereocenters. The lowest BCUT2D eigenvalue weighted by molar-refractivity contribution is -0.143. The Kier molecular flexibility index (Phi) is 6.62. The summed E-state index contributed by atoms with van der Waals surface area (Å²) in [5, 5.41) is 3.41. The standard InChI is InChI=1S/C17H16F8N4O/c18-15(19)2-5-29(6-3-15)13(30)1-4-27-28-14(26)10-7-11(16(20,21)22)9-12(8-10)17(23,24)25/h1,4,7-9,27H,2-3,5-6H2,(H2,26,28)/b4-1-. The Labute approximate surface area is 165 Å². The predicted molar refractivity (Wildman–Crippen MR) is 90.2 cm³/mol. The van der Waals surface area contributed by atoms with E-state index in [1.165, 1.54) is 0 Å². The fourth-order valence-electron chi connectivity index (χ4n) is 2.54. The first-order valence-electron chi connectivity index (χ1n) is 8.41. The molecule has 1 aromatic carbocycles. The number of alkyl halides is 8. The molecule has 0 spiro atoms. The van der Waals surface area contributed by atoms with Crippen LogP contribution in [0.2, 0.25) is 0 Å². The van der Waals surface area contributed by atoms with Crippen LogP contribution in [0.5, 0.6) is 0 Å². The molecule has 13 heteroatoms. The Morgan fingerprint density at radius 1 is 1.03 bits per heavy atom. The molecule has 166 valence electrons. The summed E-state index contributed by atoms with van der Waals surface area (Å²) < 4.78 is 103. The number of carbonyl (C=O) groups is 1. The van der Waals surface area contributed by atoms with E-state index in [0.717, 1.165) is 17.2 Å². The summed E-state index contributed by atoms with van der Waals surface area (Å²) in [6, 6.07) is 0.752. The van der Waals surface area contributed by atoms with Crippen LogP contribution in [0, 0.1) is 0 Å². The van der Waals surface area contributed by atoms with Gasteiger partial charge in [-0.3, -0.25) is 10.2 Å². The highest BCUT2D eigenvalue weighted by Crippen LogP contribution is 2.36. The zero-order chi connectivity index (χ0) is 22.7. The third kappa shape index (κ3) is 6.32. The molecule has 1 aliphatic heterocycles. The Bertz CT molecular complexity index is 803. The van der Waals surface area contributed by atoms with Crippen molar-refractivity contribution in [2.75, 3.05) is 13.1 Å². The van der Waals surface area contributed by atoms with Crippen molar-refractivity contribution >= 4 is 11.7 Å². The normalized spacial score (nSPS) is 18.0. The van der Waals surface area contributed by atoms with Gasteiger partial charge in [-0.15, -0.1) is 0 Å². The van der Waals surface area contributed by atoms with Crippen LogP contribution >= 0.6 is 0 Å². The number of piperidine rings is 1. The van der Waals surface area contributed by atoms with E-state index in [1.54, 1.807) is 0 Å². The molecule has 5 nitrogen and oxygen atoms in total. The van der Waals surface area contributed by atoms with E-state index in [0.29, 0.717) is 12.1 Å². The van der Waals surface area contributed by atoms with Gasteiger partial charge in [0.1, 0.15) is 0 Å². The molecule has 0 aromatic heterocycles. The van der Waals surface area contributed by atoms with Crippen molar-refractivity contribution in [2.45, 2.75) is 31.1 Å². The van der Waals surface area contributed by atoms with Gasteiger partial charge < -0.3 is 10.6 Å². The zero-order valence-electron chi connectivity index (χ0n) is 15.1. The highest BCUT2D eigenvalue weighted by molar-refractivity contribution is 5.97. The molecular formula is C17H16F8N4O. The van der Waals surface area contributed by atoms with Crippen molar-refractivity contribution in [1.82, 2.24) is 10.3 Å². The molecule has 3 N–H and O–H groups in total. The number of hydrogen-bond acceptors (Lipinski definition) is 3. The van der Waals surface area contributed by atoms with Crippen LogP contribution in [0.4, 0.5) is 35.1 Å². The van der Waals surface area contributed by atoms with Crippen molar-refractivity contribution < 1.29 is 39.9 Å². The maximum Gasteiger partial charge on any atom is 0.416 e. The van der Waals surface area contributed by atoms with Crippen LogP contribution < -0.4 is 11.2 Å². The summed E-state index contributed by atoms with van der Waals surface area (Å²) in [6.45, 7) is -0.321. The van der Waals surface area contributed by atoms with E-state index in [-0.39, 0.29) is 19.2 Å². The predicted octanol–water partition coefficient (Wildman–Crippen LogP) is 3.71. The summed E-state index contributed by atoms with van der Waals surface area (Å²) in [5.74, 6) is -4.15. The van der Waals surface area contributed by atoms with Gasteiger partial charge in [0.05, 0.1) is 11.1 Å². The number of carbonyl (C=O) groups excluding carboxylic acids is 1. The monoisotopic (exact) mass is 444 g/mol. The Balaban J connectivity index is 2.10. The van der Waals surface area contributed by atoms with Gasteiger partial charge in [0.2, 0.25) is 5.91 Å². The van der Waals surface area contributed by atoms with Gasteiger partial charge in [0.25, 0.3) is 5.92 Å². The minimum Gasteiger partial charge on any atom is -0.382 e. The molecule has 0 aliphatic carbocycles. The molecule has 1 amide bonds. The largest absolute Gasteiger partial charge is 0.416 e. The Morgan fingerprint density at radius 3 is 2.00 bits per heavy atom. The van der Waals surface area contributed by atoms with E-state index in [4.69, 9.17) is 5.73 Å². The average molecular weight is 444 g/mol. The number of nitrogens with zero attached hydrogens (tertiary/aromatic N) is 2. The molecule has 1 saturated heterocycles. The molecule has 1 aliphatic rings. The summed E-state index contributed by atoms with van der Waals surface area (Å²) in [5.41, 5.74) is 3.81. The highest BCUT2D eigenvalue weighted by Gasteiger charge is 2.37. The van der Waals surface area contributed by atoms with Gasteiger partial charge in [0, 0.05) is 43.8 Å². The van der Waals surface area contributed by atoms with Gasteiger partial charge in [-0.05, 0) is 18.2 Å². The van der Waals surface area contributed by atoms with Crippen LogP contribution in [0.1, 0.15) is 29.5 Å². The van der Waals surface area contributed by atoms with Gasteiger partial charge in [-0.2, -0.15) is 31.4 Å². The van der Waals surface area contributed by atoms with E-state index in [2.05, 4.69) is 10.5 Å². The molecule has 0 atom stereocenters. The van der Waals surface area contributed by atoms with Crippen molar-refractivity contribution in [3.63, 3.8) is 0 Å². The fourth-order valence-corrected chi connectivity index (χ4v) is 2.54. The van der Waals surface area contributed by atoms with E-state index < -0.39 is 59.5 Å². The summed E-state index contributed by atoms with van der Waals surface area (Å²) in [4.78, 5) is 13.0. The number of nitrogens with one attached hydrogen (secondary N) is 1. The van der Waals surface area contributed by atoms with Crippen molar-refractivity contribution in [3.8, 4) is 0 Å². The third-order valence-corrected chi connectivity index (χ3v) is 4.18. The smallest absolute Gasteiger partial charge is 0.382 e. The molecule has 0 saturated carbocycles. The van der Waals surface area contributed by atoms with Gasteiger partial charge in [-0.25, -0.2) is 8.78 Å². The lowest BCUT2D eigenvalue weighted by atomic mass is 10.0. The first kappa shape index (κ1) is 23.4. The van der Waals surface area contributed by atoms with Gasteiger partial charge >= 0.3 is 12.4 Å². The molecule has 30 heavy (non-hydrogen) atoms. The topological polar surface area (TPSA) is 70.7 Å². The number of likely N-dealkylation sites (tertiary alicyclic amines) is 1. The lowest BCUT2D eigenvalue weighted by Crippen LogP contribution is -2.42. The number of halogens is 8. The summed E-state index contributed by atoms with van der Waals surface area (Å²) in [6.07, 6.45) is -9.19. The molecule has 2 rings (SSSR count). The lowest BCUT2D eigenvalue weighted by Gasteiger charge is -2.30.